The third-order valence-electron chi connectivity index (χ3n) is 7.56. The molecule has 1 heterocycles. The first-order valence-corrected chi connectivity index (χ1v) is 14.9. The summed E-state index contributed by atoms with van der Waals surface area (Å²) in [5.41, 5.74) is 6.62. The number of nitrogens with zero attached hydrogens (tertiary/aromatic N) is 2. The van der Waals surface area contributed by atoms with Gasteiger partial charge in [-0.25, -0.2) is 9.79 Å². The molecule has 3 rings (SSSR count). The molecule has 4 N–H and O–H groups in total. The molecule has 1 aliphatic heterocycles. The van der Waals surface area contributed by atoms with E-state index in [1.807, 2.05) is 51.1 Å². The van der Waals surface area contributed by atoms with Crippen molar-refractivity contribution in [3.8, 4) is 0 Å². The lowest BCUT2D eigenvalue weighted by Gasteiger charge is -2.29. The van der Waals surface area contributed by atoms with Gasteiger partial charge in [0.15, 0.2) is 11.5 Å². The maximum Gasteiger partial charge on any atom is 0.407 e. The van der Waals surface area contributed by atoms with Gasteiger partial charge in [-0.15, -0.1) is 0 Å². The Balaban J connectivity index is 1.67. The molecule has 1 aromatic carbocycles. The number of rotatable bonds is 15. The van der Waals surface area contributed by atoms with Crippen molar-refractivity contribution in [1.82, 2.24) is 15.5 Å². The predicted octanol–water partition coefficient (Wildman–Crippen LogP) is 4.91. The van der Waals surface area contributed by atoms with E-state index in [0.29, 0.717) is 42.3 Å². The number of halogens is 1. The van der Waals surface area contributed by atoms with Crippen LogP contribution in [0.2, 0.25) is 5.02 Å². The molecule has 1 aromatic rings. The number of nitrogens with two attached hydrogens (primary N) is 1. The van der Waals surface area contributed by atoms with Crippen LogP contribution in [0.4, 0.5) is 4.79 Å². The Morgan fingerprint density at radius 1 is 1.29 bits per heavy atom. The van der Waals surface area contributed by atoms with Crippen LogP contribution in [0.5, 0.6) is 0 Å². The van der Waals surface area contributed by atoms with E-state index < -0.39 is 17.7 Å². The molecule has 3 atom stereocenters. The van der Waals surface area contributed by atoms with Gasteiger partial charge < -0.3 is 21.1 Å². The number of alkyl carbamates (subject to hydrolysis) is 1. The lowest BCUT2D eigenvalue weighted by atomic mass is 9.82. The minimum Gasteiger partial charge on any atom is -0.453 e. The summed E-state index contributed by atoms with van der Waals surface area (Å²) < 4.78 is 4.75. The molecule has 42 heavy (non-hydrogen) atoms. The van der Waals surface area contributed by atoms with Crippen molar-refractivity contribution < 1.29 is 19.1 Å². The summed E-state index contributed by atoms with van der Waals surface area (Å²) in [5, 5.41) is 6.34. The summed E-state index contributed by atoms with van der Waals surface area (Å²) in [6.07, 6.45) is 10.8. The Bertz CT molecular complexity index is 1240. The fourth-order valence-corrected chi connectivity index (χ4v) is 5.53. The van der Waals surface area contributed by atoms with Crippen LogP contribution in [-0.4, -0.2) is 60.0 Å². The number of allylic oxidation sites excluding steroid dienone is 3. The highest BCUT2D eigenvalue weighted by Crippen LogP contribution is 2.37. The molecule has 3 amide bonds. The summed E-state index contributed by atoms with van der Waals surface area (Å²) >= 11 is 6.13. The van der Waals surface area contributed by atoms with E-state index in [2.05, 4.69) is 22.2 Å². The average Bonchev–Trinajstić information content (AvgIpc) is 3.75. The number of carbonyl (C=O) groups excluding carboxylic acids is 3. The van der Waals surface area contributed by atoms with Crippen molar-refractivity contribution in [2.24, 2.45) is 22.6 Å². The van der Waals surface area contributed by atoms with E-state index in [1.54, 1.807) is 23.1 Å². The molecule has 9 nitrogen and oxygen atoms in total. The van der Waals surface area contributed by atoms with Gasteiger partial charge in [-0.2, -0.15) is 0 Å². The van der Waals surface area contributed by atoms with Crippen LogP contribution in [-0.2, 0) is 20.7 Å². The molecule has 0 spiro atoms. The molecule has 1 aliphatic carbocycles. The summed E-state index contributed by atoms with van der Waals surface area (Å²) in [5.74, 6) is 0.272. The first-order chi connectivity index (χ1) is 20.0. The highest BCUT2D eigenvalue weighted by molar-refractivity contribution is 6.30. The molecule has 2 aliphatic rings. The average molecular weight is 598 g/mol. The fraction of sp³-hybridized carbons (Fsp3) is 0.500. The predicted molar refractivity (Wildman–Crippen MR) is 167 cm³/mol. The van der Waals surface area contributed by atoms with Gasteiger partial charge in [-0.3, -0.25) is 14.5 Å². The van der Waals surface area contributed by atoms with Crippen molar-refractivity contribution in [2.45, 2.75) is 76.9 Å². The number of nitrogens with one attached hydrogen (secondary N) is 2. The van der Waals surface area contributed by atoms with E-state index in [-0.39, 0.29) is 36.2 Å². The highest BCUT2D eigenvalue weighted by atomic mass is 35.5. The van der Waals surface area contributed by atoms with Crippen molar-refractivity contribution in [1.29, 1.82) is 0 Å². The molecule has 0 saturated heterocycles. The maximum atomic E-state index is 13.8. The number of ether oxygens (including phenoxy) is 1. The summed E-state index contributed by atoms with van der Waals surface area (Å²) in [7, 11) is 1.26. The number of aliphatic imine (C=N–C) groups is 1. The van der Waals surface area contributed by atoms with Gasteiger partial charge in [0.05, 0.1) is 7.11 Å². The van der Waals surface area contributed by atoms with Crippen molar-refractivity contribution in [3.63, 3.8) is 0 Å². The van der Waals surface area contributed by atoms with Gasteiger partial charge in [0.25, 0.3) is 5.91 Å². The Kier molecular flexibility index (Phi) is 11.8. The topological polar surface area (TPSA) is 126 Å². The van der Waals surface area contributed by atoms with Crippen LogP contribution in [0, 0.1) is 11.8 Å². The van der Waals surface area contributed by atoms with Gasteiger partial charge in [-0.1, -0.05) is 68.5 Å². The number of hydrogen-bond acceptors (Lipinski definition) is 6. The van der Waals surface area contributed by atoms with Crippen molar-refractivity contribution >= 4 is 35.5 Å². The van der Waals surface area contributed by atoms with Crippen LogP contribution < -0.4 is 16.4 Å². The molecule has 0 unspecified atom stereocenters. The highest BCUT2D eigenvalue weighted by Gasteiger charge is 2.49. The van der Waals surface area contributed by atoms with Crippen molar-refractivity contribution in [2.75, 3.05) is 13.7 Å². The van der Waals surface area contributed by atoms with E-state index in [9.17, 15) is 14.4 Å². The summed E-state index contributed by atoms with van der Waals surface area (Å²) in [6, 6.07) is 6.24. The summed E-state index contributed by atoms with van der Waals surface area (Å²) in [6.45, 7) is 10.6. The Labute approximate surface area is 254 Å². The number of guanidine groups is 1. The summed E-state index contributed by atoms with van der Waals surface area (Å²) in [4.78, 5) is 45.4. The molecular formula is C32H44ClN5O4. The first-order valence-electron chi connectivity index (χ1n) is 14.6. The largest absolute Gasteiger partial charge is 0.453 e. The molecule has 1 fully saturated rings. The Hall–Kier alpha value is -3.59. The zero-order valence-electron chi connectivity index (χ0n) is 25.1. The van der Waals surface area contributed by atoms with Gasteiger partial charge >= 0.3 is 6.09 Å². The quantitative estimate of drug-likeness (QED) is 0.248. The minimum absolute atomic E-state index is 0.103. The molecule has 1 saturated carbocycles. The Morgan fingerprint density at radius 2 is 2.02 bits per heavy atom. The first kappa shape index (κ1) is 32.9. The molecule has 0 radical (unpaired) electrons. The normalized spacial score (nSPS) is 20.2. The zero-order valence-corrected chi connectivity index (χ0v) is 25.8. The second-order valence-corrected chi connectivity index (χ2v) is 11.8. The lowest BCUT2D eigenvalue weighted by molar-refractivity contribution is -0.130. The van der Waals surface area contributed by atoms with E-state index in [4.69, 9.17) is 22.1 Å². The standard InChI is InChI=1S/C32H44ClN5O4/c1-6-7-8-11-22(4)32(20-21(2)3)29(40)38(30(34)37-32)17-10-14-26(24-15-16-24)35-28(39)27(36-31(41)42-5)19-23-12-9-13-25(33)18-23/h6-9,11-13,18,21,24,26-27H,4,10,14-17,19-20H2,1-3,5H3,(H2,34,37)(H,35,39)(H,36,41)/b7-6-,11-8-/t26-,27+,32-/m1/s1. The number of benzene rings is 1. The van der Waals surface area contributed by atoms with Crippen molar-refractivity contribution in [3.05, 3.63) is 71.3 Å². The smallest absolute Gasteiger partial charge is 0.407 e. The number of carbonyl (C=O) groups is 3. The van der Waals surface area contributed by atoms with Gasteiger partial charge in [0.1, 0.15) is 6.04 Å². The molecule has 228 valence electrons. The SMILES string of the molecule is C=C(/C=C\C=C/C)[C@@]1(CC(C)C)N=C(N)N(CCC[C@@H](NC(=O)[C@H](Cc2cccc(Cl)c2)NC(=O)OC)C2CC2)C1=O. The third kappa shape index (κ3) is 8.71. The van der Waals surface area contributed by atoms with Crippen LogP contribution in [0.25, 0.3) is 0 Å². The van der Waals surface area contributed by atoms with Gasteiger partial charge in [0.2, 0.25) is 5.91 Å². The van der Waals surface area contributed by atoms with E-state index in [1.165, 1.54) is 7.11 Å². The van der Waals surface area contributed by atoms with Gasteiger partial charge in [-0.05, 0) is 74.1 Å². The minimum atomic E-state index is -1.12. The van der Waals surface area contributed by atoms with Crippen LogP contribution in [0.1, 0.15) is 58.4 Å². The molecule has 10 heteroatoms. The van der Waals surface area contributed by atoms with Crippen LogP contribution in [0.15, 0.2) is 65.7 Å². The monoisotopic (exact) mass is 597 g/mol. The molecule has 0 bridgehead atoms. The van der Waals surface area contributed by atoms with Crippen LogP contribution in [0.3, 0.4) is 0 Å². The van der Waals surface area contributed by atoms with E-state index in [0.717, 1.165) is 18.4 Å². The third-order valence-corrected chi connectivity index (χ3v) is 7.79. The molecular weight excluding hydrogens is 554 g/mol. The number of methoxy groups -OCH3 is 1. The molecule has 0 aromatic heterocycles. The lowest BCUT2D eigenvalue weighted by Crippen LogP contribution is -2.51. The number of hydrogen-bond donors (Lipinski definition) is 3. The second kappa shape index (κ2) is 15.0. The fourth-order valence-electron chi connectivity index (χ4n) is 5.32. The van der Waals surface area contributed by atoms with Crippen LogP contribution >= 0.6 is 11.6 Å². The number of amides is 3. The second-order valence-electron chi connectivity index (χ2n) is 11.4. The van der Waals surface area contributed by atoms with E-state index >= 15 is 0 Å². The van der Waals surface area contributed by atoms with Gasteiger partial charge in [0, 0.05) is 24.0 Å². The Morgan fingerprint density at radius 3 is 2.64 bits per heavy atom. The maximum absolute atomic E-state index is 13.8. The zero-order chi connectivity index (χ0) is 30.9.